The van der Waals surface area contributed by atoms with Crippen molar-refractivity contribution < 1.29 is 9.63 Å². The van der Waals surface area contributed by atoms with Gasteiger partial charge in [0, 0.05) is 10.2 Å². The SMILES string of the molecule is NOCC(=O)Nc1cccc(Br)c1. The number of nitrogens with two attached hydrogens (primary N) is 1. The third-order valence-corrected chi connectivity index (χ3v) is 1.82. The van der Waals surface area contributed by atoms with E-state index in [4.69, 9.17) is 5.90 Å². The molecule has 0 aliphatic carbocycles. The van der Waals surface area contributed by atoms with Gasteiger partial charge >= 0.3 is 0 Å². The number of carbonyl (C=O) groups is 1. The summed E-state index contributed by atoms with van der Waals surface area (Å²) in [6, 6.07) is 7.26. The number of carbonyl (C=O) groups excluding carboxylic acids is 1. The quantitative estimate of drug-likeness (QED) is 0.788. The zero-order chi connectivity index (χ0) is 9.68. The van der Waals surface area contributed by atoms with E-state index in [0.717, 1.165) is 4.47 Å². The number of hydrogen-bond acceptors (Lipinski definition) is 3. The molecule has 0 radical (unpaired) electrons. The van der Waals surface area contributed by atoms with E-state index in [1.165, 1.54) is 0 Å². The summed E-state index contributed by atoms with van der Waals surface area (Å²) in [6.45, 7) is -0.146. The molecule has 0 saturated heterocycles. The van der Waals surface area contributed by atoms with Crippen molar-refractivity contribution in [3.8, 4) is 0 Å². The highest BCUT2D eigenvalue weighted by Gasteiger charge is 2.00. The lowest BCUT2D eigenvalue weighted by molar-refractivity contribution is -0.120. The Labute approximate surface area is 84.1 Å². The maximum absolute atomic E-state index is 11.0. The number of nitrogens with one attached hydrogen (secondary N) is 1. The molecule has 0 aromatic heterocycles. The molecule has 13 heavy (non-hydrogen) atoms. The summed E-state index contributed by atoms with van der Waals surface area (Å²) < 4.78 is 0.902. The van der Waals surface area contributed by atoms with Crippen LogP contribution in [0.25, 0.3) is 0 Å². The van der Waals surface area contributed by atoms with Crippen molar-refractivity contribution in [3.63, 3.8) is 0 Å². The van der Waals surface area contributed by atoms with Crippen LogP contribution in [-0.2, 0) is 9.63 Å². The third kappa shape index (κ3) is 3.54. The molecule has 1 aromatic rings. The van der Waals surface area contributed by atoms with E-state index in [9.17, 15) is 4.79 Å². The first kappa shape index (κ1) is 10.2. The number of rotatable bonds is 3. The number of anilines is 1. The van der Waals surface area contributed by atoms with Crippen molar-refractivity contribution in [1.29, 1.82) is 0 Å². The van der Waals surface area contributed by atoms with Gasteiger partial charge in [-0.25, -0.2) is 5.90 Å². The molecule has 1 aromatic carbocycles. The van der Waals surface area contributed by atoms with Crippen LogP contribution in [0.5, 0.6) is 0 Å². The average molecular weight is 245 g/mol. The van der Waals surface area contributed by atoms with Gasteiger partial charge in [0.2, 0.25) is 0 Å². The molecule has 70 valence electrons. The first-order valence-electron chi connectivity index (χ1n) is 3.59. The maximum Gasteiger partial charge on any atom is 0.252 e. The van der Waals surface area contributed by atoms with Crippen molar-refractivity contribution in [2.45, 2.75) is 0 Å². The molecule has 0 atom stereocenters. The molecule has 0 spiro atoms. The van der Waals surface area contributed by atoms with E-state index < -0.39 is 0 Å². The minimum absolute atomic E-state index is 0.146. The zero-order valence-electron chi connectivity index (χ0n) is 6.79. The third-order valence-electron chi connectivity index (χ3n) is 1.32. The van der Waals surface area contributed by atoms with Crippen LogP contribution in [0.1, 0.15) is 0 Å². The predicted molar refractivity (Wildman–Crippen MR) is 52.9 cm³/mol. The summed E-state index contributed by atoms with van der Waals surface area (Å²) in [5.41, 5.74) is 0.705. The molecular formula is C8H9BrN2O2. The fourth-order valence-corrected chi connectivity index (χ4v) is 1.24. The summed E-state index contributed by atoms with van der Waals surface area (Å²) in [7, 11) is 0. The normalized spacial score (nSPS) is 9.69. The molecule has 0 saturated carbocycles. The first-order chi connectivity index (χ1) is 6.22. The Morgan fingerprint density at radius 1 is 1.62 bits per heavy atom. The van der Waals surface area contributed by atoms with Crippen LogP contribution in [0.4, 0.5) is 5.69 Å². The summed E-state index contributed by atoms with van der Waals surface area (Å²) in [5, 5.41) is 2.61. The number of halogens is 1. The summed E-state index contributed by atoms with van der Waals surface area (Å²) in [4.78, 5) is 15.2. The van der Waals surface area contributed by atoms with Gasteiger partial charge in [0.15, 0.2) is 0 Å². The van der Waals surface area contributed by atoms with Gasteiger partial charge in [-0.15, -0.1) is 0 Å². The second kappa shape index (κ2) is 4.96. The van der Waals surface area contributed by atoms with Crippen molar-refractivity contribution in [2.24, 2.45) is 5.90 Å². The number of benzene rings is 1. The zero-order valence-corrected chi connectivity index (χ0v) is 8.37. The van der Waals surface area contributed by atoms with E-state index in [0.29, 0.717) is 5.69 Å². The lowest BCUT2D eigenvalue weighted by Gasteiger charge is -2.03. The van der Waals surface area contributed by atoms with E-state index in [-0.39, 0.29) is 12.5 Å². The van der Waals surface area contributed by atoms with Crippen molar-refractivity contribution >= 4 is 27.5 Å². The summed E-state index contributed by atoms with van der Waals surface area (Å²) in [6.07, 6.45) is 0. The van der Waals surface area contributed by atoms with Gasteiger partial charge in [-0.1, -0.05) is 22.0 Å². The highest BCUT2D eigenvalue weighted by atomic mass is 79.9. The fourth-order valence-electron chi connectivity index (χ4n) is 0.839. The number of amides is 1. The van der Waals surface area contributed by atoms with Crippen molar-refractivity contribution in [3.05, 3.63) is 28.7 Å². The molecule has 0 bridgehead atoms. The maximum atomic E-state index is 11.0. The van der Waals surface area contributed by atoms with Crippen LogP contribution in [0.3, 0.4) is 0 Å². The van der Waals surface area contributed by atoms with Crippen LogP contribution < -0.4 is 11.2 Å². The number of hydrogen-bond donors (Lipinski definition) is 2. The second-order valence-corrected chi connectivity index (χ2v) is 3.29. The molecular weight excluding hydrogens is 236 g/mol. The largest absolute Gasteiger partial charge is 0.324 e. The smallest absolute Gasteiger partial charge is 0.252 e. The van der Waals surface area contributed by atoms with Gasteiger partial charge in [-0.3, -0.25) is 9.63 Å². The molecule has 0 heterocycles. The molecule has 0 aliphatic rings. The van der Waals surface area contributed by atoms with E-state index >= 15 is 0 Å². The summed E-state index contributed by atoms with van der Waals surface area (Å²) in [5.74, 6) is 4.47. The van der Waals surface area contributed by atoms with Gasteiger partial charge in [0.1, 0.15) is 6.61 Å². The monoisotopic (exact) mass is 244 g/mol. The lowest BCUT2D eigenvalue weighted by atomic mass is 10.3. The molecule has 0 aliphatic heterocycles. The molecule has 1 rings (SSSR count). The van der Waals surface area contributed by atoms with Crippen LogP contribution in [0.2, 0.25) is 0 Å². The van der Waals surface area contributed by atoms with Gasteiger partial charge in [-0.2, -0.15) is 0 Å². The van der Waals surface area contributed by atoms with E-state index in [2.05, 4.69) is 26.1 Å². The first-order valence-corrected chi connectivity index (χ1v) is 4.39. The predicted octanol–water partition coefficient (Wildman–Crippen LogP) is 1.28. The van der Waals surface area contributed by atoms with Crippen LogP contribution in [0.15, 0.2) is 28.7 Å². The molecule has 5 heteroatoms. The summed E-state index contributed by atoms with van der Waals surface area (Å²) >= 11 is 3.28. The van der Waals surface area contributed by atoms with Gasteiger partial charge < -0.3 is 5.32 Å². The minimum Gasteiger partial charge on any atom is -0.324 e. The van der Waals surface area contributed by atoms with Crippen LogP contribution in [-0.4, -0.2) is 12.5 Å². The van der Waals surface area contributed by atoms with Gasteiger partial charge in [0.05, 0.1) is 0 Å². The standard InChI is InChI=1S/C8H9BrN2O2/c9-6-2-1-3-7(4-6)11-8(12)5-13-10/h1-4H,5,10H2,(H,11,12). The Morgan fingerprint density at radius 3 is 3.00 bits per heavy atom. The Morgan fingerprint density at radius 2 is 2.38 bits per heavy atom. The van der Waals surface area contributed by atoms with Crippen LogP contribution in [0, 0.1) is 0 Å². The van der Waals surface area contributed by atoms with Crippen molar-refractivity contribution in [2.75, 3.05) is 11.9 Å². The highest BCUT2D eigenvalue weighted by molar-refractivity contribution is 9.10. The molecule has 4 nitrogen and oxygen atoms in total. The molecule has 1 amide bonds. The lowest BCUT2D eigenvalue weighted by Crippen LogP contribution is -2.20. The minimum atomic E-state index is -0.277. The van der Waals surface area contributed by atoms with Crippen molar-refractivity contribution in [1.82, 2.24) is 0 Å². The van der Waals surface area contributed by atoms with Crippen LogP contribution >= 0.6 is 15.9 Å². The molecule has 0 unspecified atom stereocenters. The van der Waals surface area contributed by atoms with E-state index in [1.807, 2.05) is 12.1 Å². The Hall–Kier alpha value is -0.910. The highest BCUT2D eigenvalue weighted by Crippen LogP contribution is 2.15. The Bertz CT molecular complexity index is 304. The molecule has 0 fully saturated rings. The topological polar surface area (TPSA) is 64.3 Å². The Balaban J connectivity index is 2.58. The Kier molecular flexibility index (Phi) is 3.88. The van der Waals surface area contributed by atoms with Gasteiger partial charge in [-0.05, 0) is 18.2 Å². The average Bonchev–Trinajstić information content (AvgIpc) is 2.04. The fraction of sp³-hybridized carbons (Fsp3) is 0.125. The van der Waals surface area contributed by atoms with E-state index in [1.54, 1.807) is 12.1 Å². The molecule has 3 N–H and O–H groups in total. The van der Waals surface area contributed by atoms with Gasteiger partial charge in [0.25, 0.3) is 5.91 Å². The second-order valence-electron chi connectivity index (χ2n) is 2.37.